The van der Waals surface area contributed by atoms with Gasteiger partial charge in [0, 0.05) is 7.05 Å². The van der Waals surface area contributed by atoms with Crippen LogP contribution < -0.4 is 9.47 Å². The molecule has 0 N–H and O–H groups in total. The highest BCUT2D eigenvalue weighted by atomic mass is 35.5. The Labute approximate surface area is 138 Å². The number of nitrogens with zero attached hydrogens (tertiary/aromatic N) is 1. The summed E-state index contributed by atoms with van der Waals surface area (Å²) in [6.07, 6.45) is -0.280. The van der Waals surface area contributed by atoms with Crippen LogP contribution in [0.2, 0.25) is 5.02 Å². The molecule has 1 unspecified atom stereocenters. The first-order chi connectivity index (χ1) is 11.0. The van der Waals surface area contributed by atoms with Crippen molar-refractivity contribution in [2.45, 2.75) is 6.10 Å². The maximum Gasteiger partial charge on any atom is 0.255 e. The Morgan fingerprint density at radius 3 is 2.78 bits per heavy atom. The van der Waals surface area contributed by atoms with Crippen molar-refractivity contribution in [3.63, 3.8) is 0 Å². The summed E-state index contributed by atoms with van der Waals surface area (Å²) in [5.74, 6) is 0.580. The first-order valence-corrected chi connectivity index (χ1v) is 7.51. The number of fused-ring (bicyclic) bond motifs is 1. The van der Waals surface area contributed by atoms with E-state index in [1.165, 1.54) is 17.0 Å². The molecular weight excluding hydrogens is 321 g/mol. The van der Waals surface area contributed by atoms with E-state index in [2.05, 4.69) is 0 Å². The van der Waals surface area contributed by atoms with Crippen molar-refractivity contribution in [3.05, 3.63) is 58.9 Å². The lowest BCUT2D eigenvalue weighted by atomic mass is 10.2. The van der Waals surface area contributed by atoms with Crippen LogP contribution in [-0.2, 0) is 0 Å². The third-order valence-corrected chi connectivity index (χ3v) is 3.87. The molecule has 1 heterocycles. The predicted octanol–water partition coefficient (Wildman–Crippen LogP) is 3.39. The van der Waals surface area contributed by atoms with Crippen molar-refractivity contribution in [2.24, 2.45) is 0 Å². The molecule has 6 heteroatoms. The number of benzene rings is 2. The molecule has 0 aromatic heterocycles. The zero-order chi connectivity index (χ0) is 16.4. The van der Waals surface area contributed by atoms with Crippen LogP contribution in [0.5, 0.6) is 11.5 Å². The number of ether oxygens (including phenoxy) is 2. The van der Waals surface area contributed by atoms with Gasteiger partial charge in [-0.25, -0.2) is 4.39 Å². The summed E-state index contributed by atoms with van der Waals surface area (Å²) in [6, 6.07) is 11.1. The van der Waals surface area contributed by atoms with E-state index >= 15 is 0 Å². The SMILES string of the molecule is CN(CC1COc2ccccc2O1)C(=O)c1ccc(F)cc1Cl. The molecule has 1 amide bonds. The van der Waals surface area contributed by atoms with E-state index in [1.807, 2.05) is 24.3 Å². The van der Waals surface area contributed by atoms with Gasteiger partial charge in [0.15, 0.2) is 17.6 Å². The molecule has 0 aliphatic carbocycles. The number of likely N-dealkylation sites (N-methyl/N-ethyl adjacent to an activating group) is 1. The highest BCUT2D eigenvalue weighted by molar-refractivity contribution is 6.33. The number of amides is 1. The van der Waals surface area contributed by atoms with Gasteiger partial charge in [0.2, 0.25) is 0 Å². The van der Waals surface area contributed by atoms with E-state index < -0.39 is 5.82 Å². The largest absolute Gasteiger partial charge is 0.486 e. The first kappa shape index (κ1) is 15.6. The quantitative estimate of drug-likeness (QED) is 0.863. The average molecular weight is 336 g/mol. The van der Waals surface area contributed by atoms with Crippen molar-refractivity contribution in [3.8, 4) is 11.5 Å². The van der Waals surface area contributed by atoms with Gasteiger partial charge in [-0.2, -0.15) is 0 Å². The third kappa shape index (κ3) is 3.40. The van der Waals surface area contributed by atoms with Crippen molar-refractivity contribution in [1.82, 2.24) is 4.90 Å². The number of rotatable bonds is 3. The van der Waals surface area contributed by atoms with Gasteiger partial charge in [-0.1, -0.05) is 23.7 Å². The topological polar surface area (TPSA) is 38.8 Å². The molecule has 4 nitrogen and oxygen atoms in total. The van der Waals surface area contributed by atoms with Crippen LogP contribution in [0.25, 0.3) is 0 Å². The molecule has 0 saturated heterocycles. The van der Waals surface area contributed by atoms with Crippen LogP contribution in [0.3, 0.4) is 0 Å². The minimum absolute atomic E-state index is 0.0907. The maximum absolute atomic E-state index is 13.1. The number of hydrogen-bond donors (Lipinski definition) is 0. The highest BCUT2D eigenvalue weighted by Crippen LogP contribution is 2.31. The molecule has 1 atom stereocenters. The number of carbonyl (C=O) groups excluding carboxylic acids is 1. The van der Waals surface area contributed by atoms with Gasteiger partial charge in [0.05, 0.1) is 17.1 Å². The molecule has 2 aromatic rings. The monoisotopic (exact) mass is 335 g/mol. The molecule has 3 rings (SSSR count). The Kier molecular flexibility index (Phi) is 4.39. The first-order valence-electron chi connectivity index (χ1n) is 7.13. The number of para-hydroxylation sites is 2. The van der Waals surface area contributed by atoms with Crippen molar-refractivity contribution in [2.75, 3.05) is 20.2 Å². The molecule has 0 spiro atoms. The minimum Gasteiger partial charge on any atom is -0.486 e. The summed E-state index contributed by atoms with van der Waals surface area (Å²) >= 11 is 5.93. The molecule has 1 aliphatic rings. The summed E-state index contributed by atoms with van der Waals surface area (Å²) < 4.78 is 24.5. The maximum atomic E-state index is 13.1. The van der Waals surface area contributed by atoms with Gasteiger partial charge in [0.25, 0.3) is 5.91 Å². The fraction of sp³-hybridized carbons (Fsp3) is 0.235. The number of hydrogen-bond acceptors (Lipinski definition) is 3. The molecule has 1 aliphatic heterocycles. The fourth-order valence-corrected chi connectivity index (χ4v) is 2.66. The second-order valence-corrected chi connectivity index (χ2v) is 5.71. The Morgan fingerprint density at radius 2 is 2.04 bits per heavy atom. The van der Waals surface area contributed by atoms with E-state index in [9.17, 15) is 9.18 Å². The van der Waals surface area contributed by atoms with Gasteiger partial charge in [-0.05, 0) is 30.3 Å². The van der Waals surface area contributed by atoms with Gasteiger partial charge < -0.3 is 14.4 Å². The number of halogens is 2. The molecule has 0 radical (unpaired) electrons. The van der Waals surface area contributed by atoms with Crippen LogP contribution in [0.1, 0.15) is 10.4 Å². The van der Waals surface area contributed by atoms with E-state index in [0.29, 0.717) is 24.7 Å². The highest BCUT2D eigenvalue weighted by Gasteiger charge is 2.25. The zero-order valence-corrected chi connectivity index (χ0v) is 13.2. The van der Waals surface area contributed by atoms with Gasteiger partial charge in [-0.3, -0.25) is 4.79 Å². The lowest BCUT2D eigenvalue weighted by Gasteiger charge is -2.29. The second-order valence-electron chi connectivity index (χ2n) is 5.31. The van der Waals surface area contributed by atoms with E-state index in [-0.39, 0.29) is 22.6 Å². The molecule has 23 heavy (non-hydrogen) atoms. The average Bonchev–Trinajstić information content (AvgIpc) is 2.54. The lowest BCUT2D eigenvalue weighted by Crippen LogP contribution is -2.41. The fourth-order valence-electron chi connectivity index (χ4n) is 2.41. The molecule has 0 bridgehead atoms. The standard InChI is InChI=1S/C17H15ClFNO3/c1-20(17(21)13-7-6-11(19)8-14(13)18)9-12-10-22-15-4-2-3-5-16(15)23-12/h2-8,12H,9-10H2,1H3. The molecule has 0 fully saturated rings. The molecular formula is C17H15ClFNO3. The molecule has 120 valence electrons. The minimum atomic E-state index is -0.477. The van der Waals surface area contributed by atoms with Crippen LogP contribution in [-0.4, -0.2) is 37.1 Å². The molecule has 0 saturated carbocycles. The Morgan fingerprint density at radius 1 is 1.30 bits per heavy atom. The molecule has 2 aromatic carbocycles. The predicted molar refractivity (Wildman–Crippen MR) is 84.7 cm³/mol. The van der Waals surface area contributed by atoms with Crippen LogP contribution in [0.15, 0.2) is 42.5 Å². The third-order valence-electron chi connectivity index (χ3n) is 3.55. The summed E-state index contributed by atoms with van der Waals surface area (Å²) in [5, 5.41) is 0.0907. The smallest absolute Gasteiger partial charge is 0.255 e. The van der Waals surface area contributed by atoms with Crippen molar-refractivity contribution < 1.29 is 18.7 Å². The van der Waals surface area contributed by atoms with Crippen LogP contribution in [0, 0.1) is 5.82 Å². The lowest BCUT2D eigenvalue weighted by molar-refractivity contribution is 0.0521. The Balaban J connectivity index is 1.67. The summed E-state index contributed by atoms with van der Waals surface area (Å²) in [7, 11) is 1.64. The van der Waals surface area contributed by atoms with Crippen molar-refractivity contribution >= 4 is 17.5 Å². The normalized spacial score (nSPS) is 16.0. The zero-order valence-electron chi connectivity index (χ0n) is 12.5. The van der Waals surface area contributed by atoms with Crippen LogP contribution >= 0.6 is 11.6 Å². The Hall–Kier alpha value is -2.27. The second kappa shape index (κ2) is 6.46. The number of carbonyl (C=O) groups is 1. The summed E-state index contributed by atoms with van der Waals surface area (Å²) in [6.45, 7) is 0.687. The summed E-state index contributed by atoms with van der Waals surface area (Å²) in [5.41, 5.74) is 0.257. The van der Waals surface area contributed by atoms with Gasteiger partial charge in [0.1, 0.15) is 12.4 Å². The van der Waals surface area contributed by atoms with E-state index in [4.69, 9.17) is 21.1 Å². The van der Waals surface area contributed by atoms with Crippen molar-refractivity contribution in [1.29, 1.82) is 0 Å². The van der Waals surface area contributed by atoms with E-state index in [1.54, 1.807) is 7.05 Å². The van der Waals surface area contributed by atoms with Crippen LogP contribution in [0.4, 0.5) is 4.39 Å². The Bertz CT molecular complexity index is 738. The van der Waals surface area contributed by atoms with Gasteiger partial charge >= 0.3 is 0 Å². The van der Waals surface area contributed by atoms with E-state index in [0.717, 1.165) is 6.07 Å². The summed E-state index contributed by atoms with van der Waals surface area (Å²) in [4.78, 5) is 13.9. The van der Waals surface area contributed by atoms with Gasteiger partial charge in [-0.15, -0.1) is 0 Å².